The fourth-order valence-electron chi connectivity index (χ4n) is 3.95. The van der Waals surface area contributed by atoms with E-state index >= 15 is 0 Å². The van der Waals surface area contributed by atoms with Crippen LogP contribution in [-0.4, -0.2) is 62.0 Å². The molecule has 0 aliphatic rings. The zero-order valence-corrected chi connectivity index (χ0v) is 23.6. The van der Waals surface area contributed by atoms with E-state index in [9.17, 15) is 14.7 Å². The molecule has 0 spiro atoms. The summed E-state index contributed by atoms with van der Waals surface area (Å²) >= 11 is 0. The number of primary amides is 1. The van der Waals surface area contributed by atoms with Crippen LogP contribution in [0.25, 0.3) is 10.4 Å². The maximum Gasteiger partial charge on any atom is 0.240 e. The van der Waals surface area contributed by atoms with Crippen LogP contribution in [0.15, 0.2) is 23.3 Å². The first-order chi connectivity index (χ1) is 18.0. The van der Waals surface area contributed by atoms with Gasteiger partial charge in [-0.05, 0) is 47.9 Å². The number of ether oxygens (including phenoxy) is 3. The molecule has 11 nitrogen and oxygen atoms in total. The van der Waals surface area contributed by atoms with Crippen molar-refractivity contribution in [1.29, 1.82) is 0 Å². The van der Waals surface area contributed by atoms with Crippen molar-refractivity contribution >= 4 is 11.8 Å². The van der Waals surface area contributed by atoms with E-state index in [1.807, 2.05) is 52.8 Å². The molecule has 5 atom stereocenters. The van der Waals surface area contributed by atoms with Gasteiger partial charge < -0.3 is 30.4 Å². The molecule has 0 bridgehead atoms. The van der Waals surface area contributed by atoms with Crippen molar-refractivity contribution in [3.05, 3.63) is 39.8 Å². The zero-order valence-electron chi connectivity index (χ0n) is 23.6. The lowest BCUT2D eigenvalue weighted by Gasteiger charge is -2.28. The summed E-state index contributed by atoms with van der Waals surface area (Å²) in [7, 11) is 1.65. The number of methoxy groups -OCH3 is 1. The first-order valence-corrected chi connectivity index (χ1v) is 13.2. The molecular formula is C27H45N5O6. The van der Waals surface area contributed by atoms with Crippen LogP contribution in [0.2, 0.25) is 0 Å². The number of aliphatic hydroxyl groups excluding tert-OH is 1. The van der Waals surface area contributed by atoms with Crippen LogP contribution in [0.1, 0.15) is 58.1 Å². The number of aliphatic hydroxyl groups is 1. The molecule has 1 rings (SSSR count). The highest BCUT2D eigenvalue weighted by atomic mass is 16.5. The standard InChI is InChI=1S/C27H45N5O6/c1-7-18(4)25(26(28)34)30-27(35)21(17(2)3)14-23(33)22(31-32-29)16-37-15-20-10-9-19(5)24(13-20)38-12-8-11-36-6/h9-10,13,17-18,21-23,25,33H,7-8,11-12,14-16H2,1-6H3,(H2,28,34)(H,30,35)/t18-,21-,22-,23-,25-/m0/s1. The Labute approximate surface area is 226 Å². The summed E-state index contributed by atoms with van der Waals surface area (Å²) < 4.78 is 16.6. The molecule has 0 radical (unpaired) electrons. The number of nitrogens with zero attached hydrogens (tertiary/aromatic N) is 3. The van der Waals surface area contributed by atoms with E-state index < -0.39 is 30.0 Å². The Morgan fingerprint density at radius 1 is 1.24 bits per heavy atom. The highest BCUT2D eigenvalue weighted by Gasteiger charge is 2.32. The molecule has 214 valence electrons. The molecule has 0 unspecified atom stereocenters. The van der Waals surface area contributed by atoms with Crippen LogP contribution in [0.3, 0.4) is 0 Å². The Balaban J connectivity index is 2.80. The van der Waals surface area contributed by atoms with E-state index in [1.54, 1.807) is 7.11 Å². The number of hydrogen-bond donors (Lipinski definition) is 3. The Bertz CT molecular complexity index is 921. The number of rotatable bonds is 19. The maximum absolute atomic E-state index is 13.0. The van der Waals surface area contributed by atoms with Crippen molar-refractivity contribution in [1.82, 2.24) is 5.32 Å². The number of carbonyl (C=O) groups excluding carboxylic acids is 2. The lowest BCUT2D eigenvalue weighted by molar-refractivity contribution is -0.132. The predicted octanol–water partition coefficient (Wildman–Crippen LogP) is 3.65. The number of nitrogens with one attached hydrogen (secondary N) is 1. The average molecular weight is 536 g/mol. The molecule has 0 aliphatic heterocycles. The number of carbonyl (C=O) groups is 2. The Morgan fingerprint density at radius 3 is 2.53 bits per heavy atom. The summed E-state index contributed by atoms with van der Waals surface area (Å²) in [5.41, 5.74) is 16.4. The summed E-state index contributed by atoms with van der Waals surface area (Å²) in [6, 6.07) is 4.06. The van der Waals surface area contributed by atoms with Gasteiger partial charge in [0.25, 0.3) is 0 Å². The quantitative estimate of drug-likeness (QED) is 0.106. The second-order valence-corrected chi connectivity index (χ2v) is 10.0. The van der Waals surface area contributed by atoms with E-state index in [1.165, 1.54) is 0 Å². The van der Waals surface area contributed by atoms with Crippen LogP contribution >= 0.6 is 0 Å². The Hall–Kier alpha value is -2.85. The molecule has 4 N–H and O–H groups in total. The molecule has 0 saturated heterocycles. The molecular weight excluding hydrogens is 490 g/mol. The average Bonchev–Trinajstić information content (AvgIpc) is 2.88. The Kier molecular flexibility index (Phi) is 15.4. The normalized spacial score (nSPS) is 15.2. The summed E-state index contributed by atoms with van der Waals surface area (Å²) in [5.74, 6) is -1.11. The third-order valence-corrected chi connectivity index (χ3v) is 6.66. The van der Waals surface area contributed by atoms with Gasteiger partial charge in [-0.25, -0.2) is 0 Å². The maximum atomic E-state index is 13.0. The van der Waals surface area contributed by atoms with Crippen molar-refractivity contribution in [2.45, 2.75) is 78.7 Å². The second kappa shape index (κ2) is 17.6. The minimum atomic E-state index is -1.13. The Morgan fingerprint density at radius 2 is 1.95 bits per heavy atom. The predicted molar refractivity (Wildman–Crippen MR) is 145 cm³/mol. The number of aryl methyl sites for hydroxylation is 1. The molecule has 0 aromatic heterocycles. The van der Waals surface area contributed by atoms with Crippen molar-refractivity contribution in [2.24, 2.45) is 28.6 Å². The summed E-state index contributed by atoms with van der Waals surface area (Å²) in [5, 5.41) is 17.3. The molecule has 2 amide bonds. The van der Waals surface area contributed by atoms with Gasteiger partial charge in [-0.1, -0.05) is 51.4 Å². The minimum absolute atomic E-state index is 0.0343. The van der Waals surface area contributed by atoms with Crippen LogP contribution in [-0.2, 0) is 25.7 Å². The molecule has 38 heavy (non-hydrogen) atoms. The van der Waals surface area contributed by atoms with Gasteiger partial charge in [0.05, 0.1) is 32.0 Å². The van der Waals surface area contributed by atoms with Gasteiger partial charge in [0.1, 0.15) is 11.8 Å². The smallest absolute Gasteiger partial charge is 0.240 e. The van der Waals surface area contributed by atoms with E-state index in [0.29, 0.717) is 19.6 Å². The first-order valence-electron chi connectivity index (χ1n) is 13.2. The molecule has 11 heteroatoms. The van der Waals surface area contributed by atoms with Gasteiger partial charge >= 0.3 is 0 Å². The van der Waals surface area contributed by atoms with Crippen LogP contribution in [0.5, 0.6) is 5.75 Å². The van der Waals surface area contributed by atoms with Gasteiger partial charge in [-0.3, -0.25) is 9.59 Å². The third-order valence-electron chi connectivity index (χ3n) is 6.66. The van der Waals surface area contributed by atoms with Crippen molar-refractivity contribution in [3.63, 3.8) is 0 Å². The topological polar surface area (TPSA) is 169 Å². The monoisotopic (exact) mass is 535 g/mol. The minimum Gasteiger partial charge on any atom is -0.493 e. The van der Waals surface area contributed by atoms with Crippen molar-refractivity contribution in [3.8, 4) is 5.75 Å². The molecule has 1 aromatic carbocycles. The van der Waals surface area contributed by atoms with E-state index in [-0.39, 0.29) is 37.4 Å². The summed E-state index contributed by atoms with van der Waals surface area (Å²) in [4.78, 5) is 27.7. The second-order valence-electron chi connectivity index (χ2n) is 10.0. The van der Waals surface area contributed by atoms with Gasteiger partial charge in [0, 0.05) is 31.0 Å². The lowest BCUT2D eigenvalue weighted by atomic mass is 9.86. The number of amides is 2. The molecule has 0 saturated carbocycles. The van der Waals surface area contributed by atoms with Gasteiger partial charge in [0.2, 0.25) is 11.8 Å². The number of azide groups is 1. The van der Waals surface area contributed by atoms with Crippen molar-refractivity contribution < 1.29 is 28.9 Å². The van der Waals surface area contributed by atoms with Crippen LogP contribution in [0, 0.1) is 24.7 Å². The van der Waals surface area contributed by atoms with E-state index in [0.717, 1.165) is 23.3 Å². The molecule has 0 heterocycles. The van der Waals surface area contributed by atoms with Gasteiger partial charge in [0.15, 0.2) is 0 Å². The van der Waals surface area contributed by atoms with Crippen LogP contribution in [0.4, 0.5) is 0 Å². The van der Waals surface area contributed by atoms with Gasteiger partial charge in [-0.2, -0.15) is 0 Å². The highest BCUT2D eigenvalue weighted by molar-refractivity contribution is 5.87. The highest BCUT2D eigenvalue weighted by Crippen LogP contribution is 2.23. The third kappa shape index (κ3) is 11.3. The lowest BCUT2D eigenvalue weighted by Crippen LogP contribution is -2.51. The van der Waals surface area contributed by atoms with Crippen LogP contribution < -0.4 is 15.8 Å². The zero-order chi connectivity index (χ0) is 28.7. The summed E-state index contributed by atoms with van der Waals surface area (Å²) in [6.45, 7) is 10.8. The largest absolute Gasteiger partial charge is 0.493 e. The first kappa shape index (κ1) is 33.2. The number of benzene rings is 1. The summed E-state index contributed by atoms with van der Waals surface area (Å²) in [6.07, 6.45) is 0.351. The fourth-order valence-corrected chi connectivity index (χ4v) is 3.95. The number of nitrogens with two attached hydrogens (primary N) is 1. The molecule has 1 aromatic rings. The molecule has 0 aliphatic carbocycles. The fraction of sp³-hybridized carbons (Fsp3) is 0.704. The van der Waals surface area contributed by atoms with Crippen molar-refractivity contribution in [2.75, 3.05) is 26.9 Å². The van der Waals surface area contributed by atoms with E-state index in [4.69, 9.17) is 25.5 Å². The molecule has 0 fully saturated rings. The van der Waals surface area contributed by atoms with E-state index in [2.05, 4.69) is 15.3 Å². The SMILES string of the molecule is CC[C@H](C)[C@H](NC(=O)[C@@H](C[C@H](O)[C@H](COCc1ccc(C)c(OCCCOC)c1)N=[N+]=[N-])C(C)C)C(N)=O. The number of hydrogen-bond acceptors (Lipinski definition) is 7. The van der Waals surface area contributed by atoms with Gasteiger partial charge in [-0.15, -0.1) is 0 Å².